The first-order chi connectivity index (χ1) is 11.7. The highest BCUT2D eigenvalue weighted by Gasteiger charge is 2.24. The van der Waals surface area contributed by atoms with Crippen molar-refractivity contribution < 1.29 is 9.53 Å². The number of carbonyl (C=O) groups is 1. The molecule has 0 spiro atoms. The van der Waals surface area contributed by atoms with E-state index in [0.29, 0.717) is 10.9 Å². The van der Waals surface area contributed by atoms with Crippen molar-refractivity contribution in [2.75, 3.05) is 32.8 Å². The lowest BCUT2D eigenvalue weighted by molar-refractivity contribution is -0.117. The van der Waals surface area contributed by atoms with Crippen LogP contribution in [0.1, 0.15) is 24.8 Å². The zero-order valence-corrected chi connectivity index (χ0v) is 14.7. The Bertz CT molecular complexity index is 559. The van der Waals surface area contributed by atoms with Crippen LogP contribution in [0.2, 0.25) is 5.02 Å². The number of piperidine rings is 1. The Morgan fingerprint density at radius 3 is 2.67 bits per heavy atom. The third kappa shape index (κ3) is 5.33. The minimum atomic E-state index is -0.0207. The van der Waals surface area contributed by atoms with Crippen molar-refractivity contribution in [3.8, 4) is 0 Å². The van der Waals surface area contributed by atoms with Gasteiger partial charge in [0, 0.05) is 43.4 Å². The van der Waals surface area contributed by atoms with Gasteiger partial charge >= 0.3 is 0 Å². The van der Waals surface area contributed by atoms with Crippen molar-refractivity contribution in [2.24, 2.45) is 5.92 Å². The van der Waals surface area contributed by atoms with Crippen LogP contribution in [0.4, 0.5) is 0 Å². The van der Waals surface area contributed by atoms with Crippen LogP contribution in [0.25, 0.3) is 6.08 Å². The molecule has 2 aliphatic heterocycles. The van der Waals surface area contributed by atoms with Gasteiger partial charge in [0.1, 0.15) is 0 Å². The fourth-order valence-corrected chi connectivity index (χ4v) is 3.47. The number of rotatable bonds is 5. The molecule has 1 amide bonds. The van der Waals surface area contributed by atoms with Gasteiger partial charge in [0.2, 0.25) is 5.91 Å². The summed E-state index contributed by atoms with van der Waals surface area (Å²) in [4.78, 5) is 14.6. The number of halogens is 1. The maximum absolute atomic E-state index is 12.1. The molecule has 2 fully saturated rings. The number of nitrogens with zero attached hydrogens (tertiary/aromatic N) is 1. The van der Waals surface area contributed by atoms with E-state index in [0.717, 1.165) is 51.3 Å². The van der Waals surface area contributed by atoms with Crippen LogP contribution in [0, 0.1) is 5.92 Å². The Balaban J connectivity index is 1.38. The molecule has 2 saturated heterocycles. The first-order valence-corrected chi connectivity index (χ1v) is 9.11. The van der Waals surface area contributed by atoms with E-state index in [2.05, 4.69) is 10.2 Å². The van der Waals surface area contributed by atoms with E-state index in [1.54, 1.807) is 6.08 Å². The van der Waals surface area contributed by atoms with Gasteiger partial charge in [0.15, 0.2) is 0 Å². The summed E-state index contributed by atoms with van der Waals surface area (Å²) in [6.07, 6.45) is 6.65. The Morgan fingerprint density at radius 2 is 2.00 bits per heavy atom. The quantitative estimate of drug-likeness (QED) is 0.832. The molecule has 1 N–H and O–H groups in total. The van der Waals surface area contributed by atoms with Crippen LogP contribution in [0.5, 0.6) is 0 Å². The number of hydrogen-bond donors (Lipinski definition) is 1. The monoisotopic (exact) mass is 348 g/mol. The molecule has 2 heterocycles. The zero-order valence-electron chi connectivity index (χ0n) is 13.9. The Hall–Kier alpha value is -1.36. The summed E-state index contributed by atoms with van der Waals surface area (Å²) in [5, 5.41) is 3.81. The molecule has 0 radical (unpaired) electrons. The second kappa shape index (κ2) is 8.65. The number of benzene rings is 1. The molecule has 130 valence electrons. The van der Waals surface area contributed by atoms with Gasteiger partial charge in [0.05, 0.1) is 6.61 Å². The van der Waals surface area contributed by atoms with Gasteiger partial charge in [-0.25, -0.2) is 0 Å². The molecule has 0 saturated carbocycles. The maximum Gasteiger partial charge on any atom is 0.244 e. The molecule has 2 aliphatic rings. The average Bonchev–Trinajstić information content (AvgIpc) is 3.09. The summed E-state index contributed by atoms with van der Waals surface area (Å²) in [6.45, 7) is 5.07. The molecule has 1 aromatic rings. The summed E-state index contributed by atoms with van der Waals surface area (Å²) >= 11 is 5.85. The van der Waals surface area contributed by atoms with Crippen molar-refractivity contribution in [3.05, 3.63) is 40.9 Å². The molecule has 1 unspecified atom stereocenters. The van der Waals surface area contributed by atoms with Crippen molar-refractivity contribution in [1.29, 1.82) is 0 Å². The number of amides is 1. The van der Waals surface area contributed by atoms with E-state index in [1.165, 1.54) is 6.42 Å². The predicted molar refractivity (Wildman–Crippen MR) is 97.0 cm³/mol. The van der Waals surface area contributed by atoms with Gasteiger partial charge in [-0.2, -0.15) is 0 Å². The lowest BCUT2D eigenvalue weighted by Crippen LogP contribution is -2.45. The second-order valence-corrected chi connectivity index (χ2v) is 7.13. The Morgan fingerprint density at radius 1 is 1.25 bits per heavy atom. The second-order valence-electron chi connectivity index (χ2n) is 6.70. The molecule has 24 heavy (non-hydrogen) atoms. The summed E-state index contributed by atoms with van der Waals surface area (Å²) in [7, 11) is 0. The number of nitrogens with one attached hydrogen (secondary N) is 1. The van der Waals surface area contributed by atoms with Crippen molar-refractivity contribution >= 4 is 23.6 Å². The Kier molecular flexibility index (Phi) is 6.30. The van der Waals surface area contributed by atoms with Gasteiger partial charge in [-0.15, -0.1) is 0 Å². The van der Waals surface area contributed by atoms with E-state index in [-0.39, 0.29) is 11.9 Å². The first-order valence-electron chi connectivity index (χ1n) is 8.73. The minimum absolute atomic E-state index is 0.0207. The zero-order chi connectivity index (χ0) is 16.8. The standard InChI is InChI=1S/C19H25ClN2O2/c20-17-4-1-15(2-5-17)3-6-19(23)21-18-7-10-22(11-8-18)13-16-9-12-24-14-16/h1-6,16,18H,7-14H2,(H,21,23)/b6-3+. The van der Waals surface area contributed by atoms with Gasteiger partial charge in [-0.3, -0.25) is 4.79 Å². The molecule has 0 bridgehead atoms. The van der Waals surface area contributed by atoms with Crippen LogP contribution >= 0.6 is 11.6 Å². The molecule has 1 atom stereocenters. The highest BCUT2D eigenvalue weighted by molar-refractivity contribution is 6.30. The molecule has 4 nitrogen and oxygen atoms in total. The number of carbonyl (C=O) groups excluding carboxylic acids is 1. The van der Waals surface area contributed by atoms with Gasteiger partial charge in [0.25, 0.3) is 0 Å². The van der Waals surface area contributed by atoms with Crippen LogP contribution < -0.4 is 5.32 Å². The third-order valence-corrected chi connectivity index (χ3v) is 5.02. The third-order valence-electron chi connectivity index (χ3n) is 4.77. The van der Waals surface area contributed by atoms with Crippen molar-refractivity contribution in [1.82, 2.24) is 10.2 Å². The molecular weight excluding hydrogens is 324 g/mol. The molecule has 5 heteroatoms. The van der Waals surface area contributed by atoms with Crippen LogP contribution in [0.3, 0.4) is 0 Å². The lowest BCUT2D eigenvalue weighted by Gasteiger charge is -2.33. The fraction of sp³-hybridized carbons (Fsp3) is 0.526. The van der Waals surface area contributed by atoms with E-state index in [9.17, 15) is 4.79 Å². The van der Waals surface area contributed by atoms with Crippen LogP contribution in [0.15, 0.2) is 30.3 Å². The molecule has 1 aromatic carbocycles. The summed E-state index contributed by atoms with van der Waals surface area (Å²) in [5.41, 5.74) is 0.975. The number of ether oxygens (including phenoxy) is 1. The average molecular weight is 349 g/mol. The highest BCUT2D eigenvalue weighted by Crippen LogP contribution is 2.17. The topological polar surface area (TPSA) is 41.6 Å². The molecular formula is C19H25ClN2O2. The Labute approximate surface area is 148 Å². The normalized spacial score (nSPS) is 23.0. The van der Waals surface area contributed by atoms with Crippen LogP contribution in [-0.4, -0.2) is 49.7 Å². The molecule has 0 aliphatic carbocycles. The SMILES string of the molecule is O=C(/C=C/c1ccc(Cl)cc1)NC1CCN(CC2CCOC2)CC1. The molecule has 3 rings (SSSR count). The van der Waals surface area contributed by atoms with Gasteiger partial charge < -0.3 is 15.0 Å². The smallest absolute Gasteiger partial charge is 0.244 e. The number of likely N-dealkylation sites (tertiary alicyclic amines) is 1. The van der Waals surface area contributed by atoms with Gasteiger partial charge in [-0.1, -0.05) is 23.7 Å². The number of hydrogen-bond acceptors (Lipinski definition) is 3. The molecule has 0 aromatic heterocycles. The van der Waals surface area contributed by atoms with Crippen LogP contribution in [-0.2, 0) is 9.53 Å². The summed E-state index contributed by atoms with van der Waals surface area (Å²) in [6, 6.07) is 7.73. The minimum Gasteiger partial charge on any atom is -0.381 e. The van der Waals surface area contributed by atoms with Crippen molar-refractivity contribution in [2.45, 2.75) is 25.3 Å². The highest BCUT2D eigenvalue weighted by atomic mass is 35.5. The fourth-order valence-electron chi connectivity index (χ4n) is 3.35. The largest absolute Gasteiger partial charge is 0.381 e. The summed E-state index contributed by atoms with van der Waals surface area (Å²) < 4.78 is 5.44. The van der Waals surface area contributed by atoms with E-state index >= 15 is 0 Å². The lowest BCUT2D eigenvalue weighted by atomic mass is 10.0. The summed E-state index contributed by atoms with van der Waals surface area (Å²) in [5.74, 6) is 0.672. The van der Waals surface area contributed by atoms with Crippen molar-refractivity contribution in [3.63, 3.8) is 0 Å². The van der Waals surface area contributed by atoms with E-state index in [1.807, 2.05) is 30.3 Å². The van der Waals surface area contributed by atoms with E-state index in [4.69, 9.17) is 16.3 Å². The van der Waals surface area contributed by atoms with E-state index < -0.39 is 0 Å². The maximum atomic E-state index is 12.1. The first kappa shape index (κ1) is 17.5. The van der Waals surface area contributed by atoms with Gasteiger partial charge in [-0.05, 0) is 49.0 Å². The predicted octanol–water partition coefficient (Wildman–Crippen LogP) is 2.97.